The van der Waals surface area contributed by atoms with E-state index in [0.29, 0.717) is 6.07 Å². The first-order chi connectivity index (χ1) is 7.86. The molecule has 0 fully saturated rings. The molecule has 0 heterocycles. The fourth-order valence-electron chi connectivity index (χ4n) is 1.11. The zero-order valence-electron chi connectivity index (χ0n) is 8.40. The number of nitro groups is 1. The van der Waals surface area contributed by atoms with Gasteiger partial charge in [-0.25, -0.2) is 0 Å². The third-order valence-corrected chi connectivity index (χ3v) is 2.87. The molecular weight excluding hydrogens is 259 g/mol. The SMILES string of the molecule is O=[N+]([O-])c1cc(C(F)(F)F)ccc1SCCO. The first kappa shape index (κ1) is 13.8. The summed E-state index contributed by atoms with van der Waals surface area (Å²) in [6.45, 7) is -0.206. The lowest BCUT2D eigenvalue weighted by molar-refractivity contribution is -0.388. The number of hydrogen-bond donors (Lipinski definition) is 1. The van der Waals surface area contributed by atoms with Crippen molar-refractivity contribution in [2.45, 2.75) is 11.1 Å². The van der Waals surface area contributed by atoms with Gasteiger partial charge in [0.15, 0.2) is 0 Å². The third kappa shape index (κ3) is 3.60. The highest BCUT2D eigenvalue weighted by Gasteiger charge is 2.32. The molecule has 0 saturated carbocycles. The molecule has 0 atom stereocenters. The molecule has 1 aromatic rings. The molecule has 0 aromatic heterocycles. The highest BCUT2D eigenvalue weighted by Crippen LogP contribution is 2.36. The summed E-state index contributed by atoms with van der Waals surface area (Å²) in [6.07, 6.45) is -4.61. The molecule has 8 heteroatoms. The van der Waals surface area contributed by atoms with Crippen molar-refractivity contribution in [1.29, 1.82) is 0 Å². The lowest BCUT2D eigenvalue weighted by Gasteiger charge is -2.08. The van der Waals surface area contributed by atoms with Gasteiger partial charge in [0.2, 0.25) is 0 Å². The summed E-state index contributed by atoms with van der Waals surface area (Å²) in [5.74, 6) is 0.187. The second kappa shape index (κ2) is 5.37. The lowest BCUT2D eigenvalue weighted by atomic mass is 10.2. The normalized spacial score (nSPS) is 11.5. The van der Waals surface area contributed by atoms with E-state index in [1.165, 1.54) is 0 Å². The van der Waals surface area contributed by atoms with Crippen molar-refractivity contribution >= 4 is 17.4 Å². The summed E-state index contributed by atoms with van der Waals surface area (Å²) >= 11 is 0.936. The smallest absolute Gasteiger partial charge is 0.396 e. The van der Waals surface area contributed by atoms with Gasteiger partial charge < -0.3 is 5.11 Å². The van der Waals surface area contributed by atoms with Gasteiger partial charge in [-0.05, 0) is 12.1 Å². The Kier molecular flexibility index (Phi) is 4.35. The number of benzene rings is 1. The zero-order chi connectivity index (χ0) is 13.1. The Morgan fingerprint density at radius 1 is 1.41 bits per heavy atom. The number of hydrogen-bond acceptors (Lipinski definition) is 4. The van der Waals surface area contributed by atoms with Crippen molar-refractivity contribution in [3.8, 4) is 0 Å². The molecule has 1 N–H and O–H groups in total. The van der Waals surface area contributed by atoms with Gasteiger partial charge in [-0.3, -0.25) is 10.1 Å². The van der Waals surface area contributed by atoms with Crippen LogP contribution >= 0.6 is 11.8 Å². The van der Waals surface area contributed by atoms with Gasteiger partial charge >= 0.3 is 6.18 Å². The maximum atomic E-state index is 12.3. The van der Waals surface area contributed by atoms with Gasteiger partial charge in [-0.15, -0.1) is 11.8 Å². The van der Waals surface area contributed by atoms with E-state index in [0.717, 1.165) is 23.9 Å². The number of aliphatic hydroxyl groups excluding tert-OH is 1. The van der Waals surface area contributed by atoms with E-state index < -0.39 is 22.4 Å². The van der Waals surface area contributed by atoms with Crippen LogP contribution in [0.5, 0.6) is 0 Å². The van der Waals surface area contributed by atoms with Crippen LogP contribution in [-0.2, 0) is 6.18 Å². The third-order valence-electron chi connectivity index (χ3n) is 1.83. The molecule has 4 nitrogen and oxygen atoms in total. The maximum Gasteiger partial charge on any atom is 0.416 e. The summed E-state index contributed by atoms with van der Waals surface area (Å²) in [6, 6.07) is 2.33. The molecule has 94 valence electrons. The summed E-state index contributed by atoms with van der Waals surface area (Å²) in [7, 11) is 0. The number of thioether (sulfide) groups is 1. The summed E-state index contributed by atoms with van der Waals surface area (Å²) in [5, 5.41) is 19.2. The first-order valence-corrected chi connectivity index (χ1v) is 5.44. The Morgan fingerprint density at radius 3 is 2.53 bits per heavy atom. The largest absolute Gasteiger partial charge is 0.416 e. The molecule has 0 aliphatic heterocycles. The molecule has 1 rings (SSSR count). The van der Waals surface area contributed by atoms with Crippen LogP contribution in [0.3, 0.4) is 0 Å². The number of nitrogens with zero attached hydrogens (tertiary/aromatic N) is 1. The van der Waals surface area contributed by atoms with Gasteiger partial charge in [0, 0.05) is 11.8 Å². The van der Waals surface area contributed by atoms with E-state index in [1.54, 1.807) is 0 Å². The van der Waals surface area contributed by atoms with Crippen molar-refractivity contribution in [3.63, 3.8) is 0 Å². The second-order valence-electron chi connectivity index (χ2n) is 3.01. The Balaban J connectivity index is 3.13. The van der Waals surface area contributed by atoms with Crippen LogP contribution in [0.1, 0.15) is 5.56 Å². The molecule has 0 unspecified atom stereocenters. The van der Waals surface area contributed by atoms with Crippen molar-refractivity contribution in [2.24, 2.45) is 0 Å². The van der Waals surface area contributed by atoms with Gasteiger partial charge in [-0.1, -0.05) is 0 Å². The molecule has 0 aliphatic rings. The van der Waals surface area contributed by atoms with Crippen molar-refractivity contribution < 1.29 is 23.2 Å². The molecule has 0 bridgehead atoms. The number of nitro benzene ring substituents is 1. The van der Waals surface area contributed by atoms with E-state index in [2.05, 4.69) is 0 Å². The summed E-state index contributed by atoms with van der Waals surface area (Å²) in [4.78, 5) is 9.87. The average Bonchev–Trinajstić information content (AvgIpc) is 2.24. The summed E-state index contributed by atoms with van der Waals surface area (Å²) < 4.78 is 37.0. The van der Waals surface area contributed by atoms with Crippen LogP contribution < -0.4 is 0 Å². The van der Waals surface area contributed by atoms with Crippen LogP contribution in [0.4, 0.5) is 18.9 Å². The molecule has 0 saturated heterocycles. The van der Waals surface area contributed by atoms with Crippen LogP contribution in [-0.4, -0.2) is 22.4 Å². The minimum absolute atomic E-state index is 0.108. The van der Waals surface area contributed by atoms with Gasteiger partial charge in [-0.2, -0.15) is 13.2 Å². The number of rotatable bonds is 4. The number of aliphatic hydroxyl groups is 1. The second-order valence-corrected chi connectivity index (χ2v) is 4.15. The number of halogens is 3. The fraction of sp³-hybridized carbons (Fsp3) is 0.333. The molecule has 17 heavy (non-hydrogen) atoms. The molecule has 0 spiro atoms. The van der Waals surface area contributed by atoms with Crippen LogP contribution in [0.25, 0.3) is 0 Å². The predicted octanol–water partition coefficient (Wildman–Crippen LogP) is 2.70. The van der Waals surface area contributed by atoms with E-state index in [4.69, 9.17) is 5.11 Å². The Labute approximate surface area is 98.6 Å². The molecule has 0 aliphatic carbocycles. The van der Waals surface area contributed by atoms with E-state index in [-0.39, 0.29) is 17.3 Å². The van der Waals surface area contributed by atoms with Crippen molar-refractivity contribution in [2.75, 3.05) is 12.4 Å². The van der Waals surface area contributed by atoms with Crippen LogP contribution in [0.15, 0.2) is 23.1 Å². The highest BCUT2D eigenvalue weighted by molar-refractivity contribution is 7.99. The fourth-order valence-corrected chi connectivity index (χ4v) is 1.87. The zero-order valence-corrected chi connectivity index (χ0v) is 9.22. The van der Waals surface area contributed by atoms with Crippen molar-refractivity contribution in [3.05, 3.63) is 33.9 Å². The Morgan fingerprint density at radius 2 is 2.06 bits per heavy atom. The standard InChI is InChI=1S/C9H8F3NO3S/c10-9(11,12)6-1-2-8(17-4-3-14)7(5-6)13(15)16/h1-2,5,14H,3-4H2. The lowest BCUT2D eigenvalue weighted by Crippen LogP contribution is -2.06. The minimum Gasteiger partial charge on any atom is -0.396 e. The average molecular weight is 267 g/mol. The quantitative estimate of drug-likeness (QED) is 0.517. The molecule has 1 aromatic carbocycles. The van der Waals surface area contributed by atoms with E-state index in [9.17, 15) is 23.3 Å². The van der Waals surface area contributed by atoms with Crippen LogP contribution in [0, 0.1) is 10.1 Å². The van der Waals surface area contributed by atoms with Crippen molar-refractivity contribution in [1.82, 2.24) is 0 Å². The topological polar surface area (TPSA) is 63.4 Å². The Hall–Kier alpha value is -1.28. The van der Waals surface area contributed by atoms with E-state index >= 15 is 0 Å². The van der Waals surface area contributed by atoms with Gasteiger partial charge in [0.05, 0.1) is 22.0 Å². The monoisotopic (exact) mass is 267 g/mol. The molecule has 0 amide bonds. The first-order valence-electron chi connectivity index (χ1n) is 4.45. The minimum atomic E-state index is -4.61. The maximum absolute atomic E-state index is 12.3. The van der Waals surface area contributed by atoms with E-state index in [1.807, 2.05) is 0 Å². The van der Waals surface area contributed by atoms with Gasteiger partial charge in [0.25, 0.3) is 5.69 Å². The Bertz CT molecular complexity index is 422. The molecular formula is C9H8F3NO3S. The van der Waals surface area contributed by atoms with Crippen LogP contribution in [0.2, 0.25) is 0 Å². The van der Waals surface area contributed by atoms with Gasteiger partial charge in [0.1, 0.15) is 0 Å². The summed E-state index contributed by atoms with van der Waals surface area (Å²) in [5.41, 5.74) is -1.66. The molecule has 0 radical (unpaired) electrons. The predicted molar refractivity (Wildman–Crippen MR) is 55.9 cm³/mol. The highest BCUT2D eigenvalue weighted by atomic mass is 32.2. The number of alkyl halides is 3.